The van der Waals surface area contributed by atoms with E-state index in [1.165, 1.54) is 32.7 Å². The molecule has 0 bridgehead atoms. The SMILES string of the molecule is C=CC[N+]1(CCCNc2ccc(N)cc2)CCN(CCCNc2ccc(N)cc2)CC1. The van der Waals surface area contributed by atoms with Crippen LogP contribution in [0.5, 0.6) is 0 Å². The Kier molecular flexibility index (Phi) is 8.62. The van der Waals surface area contributed by atoms with Crippen LogP contribution in [0.3, 0.4) is 0 Å². The first-order valence-corrected chi connectivity index (χ1v) is 11.5. The second-order valence-electron chi connectivity index (χ2n) is 8.63. The molecule has 0 amide bonds. The predicted molar refractivity (Wildman–Crippen MR) is 134 cm³/mol. The van der Waals surface area contributed by atoms with Crippen LogP contribution in [-0.2, 0) is 0 Å². The Morgan fingerprint density at radius 3 is 1.87 bits per heavy atom. The van der Waals surface area contributed by atoms with Gasteiger partial charge in [-0.05, 0) is 61.0 Å². The van der Waals surface area contributed by atoms with Gasteiger partial charge in [0.25, 0.3) is 0 Å². The molecule has 1 heterocycles. The number of rotatable bonds is 12. The normalized spacial score (nSPS) is 16.0. The minimum Gasteiger partial charge on any atom is -0.399 e. The summed E-state index contributed by atoms with van der Waals surface area (Å²) >= 11 is 0. The Labute approximate surface area is 187 Å². The van der Waals surface area contributed by atoms with Crippen molar-refractivity contribution in [1.82, 2.24) is 4.90 Å². The molecule has 0 atom stereocenters. The van der Waals surface area contributed by atoms with Gasteiger partial charge >= 0.3 is 0 Å². The van der Waals surface area contributed by atoms with Crippen molar-refractivity contribution in [3.8, 4) is 0 Å². The largest absolute Gasteiger partial charge is 0.399 e. The molecule has 31 heavy (non-hydrogen) atoms. The number of nitrogens with one attached hydrogen (secondary N) is 2. The van der Waals surface area contributed by atoms with Crippen LogP contribution in [0.25, 0.3) is 0 Å². The molecule has 0 spiro atoms. The summed E-state index contributed by atoms with van der Waals surface area (Å²) in [6.45, 7) is 14.2. The first-order valence-electron chi connectivity index (χ1n) is 11.5. The fourth-order valence-corrected chi connectivity index (χ4v) is 4.31. The van der Waals surface area contributed by atoms with E-state index >= 15 is 0 Å². The van der Waals surface area contributed by atoms with Gasteiger partial charge in [-0.3, -0.25) is 4.90 Å². The monoisotopic (exact) mass is 423 g/mol. The Balaban J connectivity index is 1.34. The van der Waals surface area contributed by atoms with E-state index in [0.717, 1.165) is 66.3 Å². The summed E-state index contributed by atoms with van der Waals surface area (Å²) in [5, 5.41) is 7.00. The lowest BCUT2D eigenvalue weighted by atomic mass is 10.2. The highest BCUT2D eigenvalue weighted by molar-refractivity contribution is 5.51. The number of hydrogen-bond donors (Lipinski definition) is 4. The van der Waals surface area contributed by atoms with E-state index in [4.69, 9.17) is 11.5 Å². The average molecular weight is 424 g/mol. The van der Waals surface area contributed by atoms with E-state index in [1.54, 1.807) is 0 Å². The maximum Gasteiger partial charge on any atom is 0.0971 e. The molecule has 1 aliphatic rings. The molecule has 6 heteroatoms. The summed E-state index contributed by atoms with van der Waals surface area (Å²) in [5.41, 5.74) is 15.4. The first-order chi connectivity index (χ1) is 15.1. The van der Waals surface area contributed by atoms with E-state index in [-0.39, 0.29) is 0 Å². The number of piperazine rings is 1. The molecule has 3 rings (SSSR count). The van der Waals surface area contributed by atoms with Gasteiger partial charge < -0.3 is 26.6 Å². The van der Waals surface area contributed by atoms with E-state index in [2.05, 4.69) is 28.2 Å². The van der Waals surface area contributed by atoms with Crippen molar-refractivity contribution < 1.29 is 4.48 Å². The molecular formula is C25H39N6+. The molecule has 6 N–H and O–H groups in total. The molecule has 2 aromatic rings. The topological polar surface area (TPSA) is 79.3 Å². The van der Waals surface area contributed by atoms with Gasteiger partial charge in [0.1, 0.15) is 0 Å². The molecule has 2 aromatic carbocycles. The van der Waals surface area contributed by atoms with Crippen molar-refractivity contribution in [3.63, 3.8) is 0 Å². The van der Waals surface area contributed by atoms with E-state index in [9.17, 15) is 0 Å². The second-order valence-corrected chi connectivity index (χ2v) is 8.63. The van der Waals surface area contributed by atoms with E-state index < -0.39 is 0 Å². The van der Waals surface area contributed by atoms with Crippen molar-refractivity contribution in [3.05, 3.63) is 61.2 Å². The van der Waals surface area contributed by atoms with Crippen molar-refractivity contribution in [2.45, 2.75) is 12.8 Å². The number of hydrogen-bond acceptors (Lipinski definition) is 5. The third-order valence-electron chi connectivity index (χ3n) is 6.24. The van der Waals surface area contributed by atoms with Crippen molar-refractivity contribution in [2.75, 3.05) is 81.0 Å². The molecule has 0 unspecified atom stereocenters. The summed E-state index contributed by atoms with van der Waals surface area (Å²) < 4.78 is 1.16. The maximum atomic E-state index is 5.76. The zero-order valence-corrected chi connectivity index (χ0v) is 18.7. The number of nitrogens with two attached hydrogens (primary N) is 2. The Morgan fingerprint density at radius 2 is 1.35 bits per heavy atom. The first kappa shape index (κ1) is 23.0. The second kappa shape index (κ2) is 11.6. The van der Waals surface area contributed by atoms with Crippen LogP contribution in [-0.4, -0.2) is 68.3 Å². The van der Waals surface area contributed by atoms with Crippen LogP contribution >= 0.6 is 0 Å². The molecular weight excluding hydrogens is 384 g/mol. The summed E-state index contributed by atoms with van der Waals surface area (Å²) in [6.07, 6.45) is 4.40. The van der Waals surface area contributed by atoms with Crippen LogP contribution in [0.2, 0.25) is 0 Å². The minimum atomic E-state index is 0.806. The van der Waals surface area contributed by atoms with Gasteiger partial charge in [-0.25, -0.2) is 0 Å². The molecule has 6 nitrogen and oxygen atoms in total. The molecule has 0 aliphatic carbocycles. The summed E-state index contributed by atoms with van der Waals surface area (Å²) in [6, 6.07) is 15.9. The number of quaternary nitrogens is 1. The minimum absolute atomic E-state index is 0.806. The summed E-state index contributed by atoms with van der Waals surface area (Å²) in [5.74, 6) is 0. The lowest BCUT2D eigenvalue weighted by Crippen LogP contribution is -2.60. The molecule has 0 aromatic heterocycles. The lowest BCUT2D eigenvalue weighted by Gasteiger charge is -2.44. The number of nitrogens with zero attached hydrogens (tertiary/aromatic N) is 2. The van der Waals surface area contributed by atoms with Crippen LogP contribution in [0, 0.1) is 0 Å². The molecule has 168 valence electrons. The third-order valence-corrected chi connectivity index (χ3v) is 6.24. The molecule has 1 fully saturated rings. The van der Waals surface area contributed by atoms with Crippen molar-refractivity contribution >= 4 is 22.7 Å². The van der Waals surface area contributed by atoms with Crippen LogP contribution in [0.15, 0.2) is 61.2 Å². The fourth-order valence-electron chi connectivity index (χ4n) is 4.31. The van der Waals surface area contributed by atoms with Crippen LogP contribution < -0.4 is 22.1 Å². The highest BCUT2D eigenvalue weighted by Gasteiger charge is 2.31. The standard InChI is InChI=1S/C25H39N6/c1-2-18-31(19-4-14-29-25-11-7-23(27)8-12-25)20-16-30(17-21-31)15-3-13-28-24-9-5-22(26)6-10-24/h2,5-12,28-29H,1,3-4,13-21,26-27H2/q+1. The van der Waals surface area contributed by atoms with Gasteiger partial charge in [-0.1, -0.05) is 6.58 Å². The van der Waals surface area contributed by atoms with Gasteiger partial charge in [0.05, 0.1) is 26.2 Å². The van der Waals surface area contributed by atoms with E-state index in [1.807, 2.05) is 48.5 Å². The molecule has 0 saturated carbocycles. The van der Waals surface area contributed by atoms with Gasteiger partial charge in [-0.2, -0.15) is 0 Å². The zero-order valence-electron chi connectivity index (χ0n) is 18.7. The highest BCUT2D eigenvalue weighted by atomic mass is 15.4. The lowest BCUT2D eigenvalue weighted by molar-refractivity contribution is -0.926. The summed E-state index contributed by atoms with van der Waals surface area (Å²) in [4.78, 5) is 2.61. The smallest absolute Gasteiger partial charge is 0.0971 e. The molecule has 1 saturated heterocycles. The maximum absolute atomic E-state index is 5.76. The summed E-state index contributed by atoms with van der Waals surface area (Å²) in [7, 11) is 0. The molecule has 1 aliphatic heterocycles. The van der Waals surface area contributed by atoms with Gasteiger partial charge in [-0.15, -0.1) is 0 Å². The van der Waals surface area contributed by atoms with Crippen LogP contribution in [0.1, 0.15) is 12.8 Å². The van der Waals surface area contributed by atoms with Gasteiger partial charge in [0.2, 0.25) is 0 Å². The van der Waals surface area contributed by atoms with Crippen molar-refractivity contribution in [2.24, 2.45) is 0 Å². The van der Waals surface area contributed by atoms with Gasteiger partial charge in [0, 0.05) is 61.9 Å². The Morgan fingerprint density at radius 1 is 0.839 bits per heavy atom. The fraction of sp³-hybridized carbons (Fsp3) is 0.440. The Bertz CT molecular complexity index is 779. The third kappa shape index (κ3) is 7.49. The number of anilines is 4. The Hall–Kier alpha value is -2.70. The van der Waals surface area contributed by atoms with E-state index in [0.29, 0.717) is 0 Å². The van der Waals surface area contributed by atoms with Crippen molar-refractivity contribution in [1.29, 1.82) is 0 Å². The highest BCUT2D eigenvalue weighted by Crippen LogP contribution is 2.16. The number of benzene rings is 2. The molecule has 0 radical (unpaired) electrons. The predicted octanol–water partition coefficient (Wildman–Crippen LogP) is 3.47. The average Bonchev–Trinajstić information content (AvgIpc) is 2.78. The van der Waals surface area contributed by atoms with Gasteiger partial charge in [0.15, 0.2) is 0 Å². The quantitative estimate of drug-likeness (QED) is 0.182. The zero-order chi connectivity index (χ0) is 21.9. The number of nitrogen functional groups attached to an aromatic ring is 2. The van der Waals surface area contributed by atoms with Crippen LogP contribution in [0.4, 0.5) is 22.7 Å².